The Hall–Kier alpha value is -0.540. The molecule has 4 heteroatoms. The van der Waals surface area contributed by atoms with Crippen molar-refractivity contribution in [2.45, 2.75) is 37.5 Å². The van der Waals surface area contributed by atoms with Gasteiger partial charge in [-0.25, -0.2) is 0 Å². The molecule has 1 saturated carbocycles. The van der Waals surface area contributed by atoms with E-state index in [1.807, 2.05) is 6.07 Å². The third-order valence-electron chi connectivity index (χ3n) is 3.44. The number of esters is 1. The molecule has 0 saturated heterocycles. The van der Waals surface area contributed by atoms with Crippen LogP contribution in [0.4, 0.5) is 0 Å². The van der Waals surface area contributed by atoms with Crippen molar-refractivity contribution in [1.82, 2.24) is 0 Å². The molecule has 1 aromatic heterocycles. The summed E-state index contributed by atoms with van der Waals surface area (Å²) in [7, 11) is 1.44. The molecule has 16 heavy (non-hydrogen) atoms. The molecule has 0 radical (unpaired) electrons. The van der Waals surface area contributed by atoms with Crippen LogP contribution < -0.4 is 0 Å². The Morgan fingerprint density at radius 1 is 1.56 bits per heavy atom. The van der Waals surface area contributed by atoms with E-state index in [1.54, 1.807) is 11.3 Å². The van der Waals surface area contributed by atoms with Gasteiger partial charge in [0.1, 0.15) is 0 Å². The molecule has 1 heterocycles. The zero-order chi connectivity index (χ0) is 11.6. The van der Waals surface area contributed by atoms with E-state index in [4.69, 9.17) is 16.3 Å². The summed E-state index contributed by atoms with van der Waals surface area (Å²) in [6, 6.07) is 4.04. The SMILES string of the molecule is COC(=O)CCC1(c2ccc(Cl)s2)CCC1. The van der Waals surface area contributed by atoms with Crippen LogP contribution >= 0.6 is 22.9 Å². The lowest BCUT2D eigenvalue weighted by atomic mass is 9.65. The molecule has 1 fully saturated rings. The van der Waals surface area contributed by atoms with E-state index < -0.39 is 0 Å². The lowest BCUT2D eigenvalue weighted by molar-refractivity contribution is -0.141. The van der Waals surface area contributed by atoms with Crippen LogP contribution in [-0.2, 0) is 14.9 Å². The quantitative estimate of drug-likeness (QED) is 0.769. The standard InChI is InChI=1S/C12H15ClO2S/c1-15-11(14)5-8-12(6-2-7-12)9-3-4-10(13)16-9/h3-4H,2,5-8H2,1H3. The first-order chi connectivity index (χ1) is 7.66. The van der Waals surface area contributed by atoms with Gasteiger partial charge >= 0.3 is 5.97 Å². The average Bonchev–Trinajstić information content (AvgIpc) is 2.63. The first kappa shape index (κ1) is 11.9. The van der Waals surface area contributed by atoms with Crippen LogP contribution in [0.15, 0.2) is 12.1 Å². The Kier molecular flexibility index (Phi) is 3.55. The van der Waals surface area contributed by atoms with Crippen LogP contribution in [0.5, 0.6) is 0 Å². The number of rotatable bonds is 4. The van der Waals surface area contributed by atoms with Crippen molar-refractivity contribution in [2.24, 2.45) is 0 Å². The molecule has 0 atom stereocenters. The maximum Gasteiger partial charge on any atom is 0.305 e. The predicted octanol–water partition coefficient (Wildman–Crippen LogP) is 3.78. The molecule has 2 nitrogen and oxygen atoms in total. The number of halogens is 1. The highest BCUT2D eigenvalue weighted by molar-refractivity contribution is 7.16. The number of ether oxygens (including phenoxy) is 1. The second kappa shape index (κ2) is 4.76. The van der Waals surface area contributed by atoms with Crippen molar-refractivity contribution >= 4 is 28.9 Å². The van der Waals surface area contributed by atoms with Crippen molar-refractivity contribution < 1.29 is 9.53 Å². The minimum absolute atomic E-state index is 0.117. The van der Waals surface area contributed by atoms with Crippen LogP contribution in [0.25, 0.3) is 0 Å². The molecule has 0 amide bonds. The Balaban J connectivity index is 2.05. The highest BCUT2D eigenvalue weighted by Crippen LogP contribution is 2.50. The number of methoxy groups -OCH3 is 1. The lowest BCUT2D eigenvalue weighted by Gasteiger charge is -2.41. The lowest BCUT2D eigenvalue weighted by Crippen LogP contribution is -2.33. The van der Waals surface area contributed by atoms with E-state index in [1.165, 1.54) is 31.2 Å². The van der Waals surface area contributed by atoms with Crippen molar-refractivity contribution in [3.63, 3.8) is 0 Å². The van der Waals surface area contributed by atoms with E-state index >= 15 is 0 Å². The Bertz CT molecular complexity index is 382. The fourth-order valence-electron chi connectivity index (χ4n) is 2.27. The van der Waals surface area contributed by atoms with E-state index in [0.29, 0.717) is 6.42 Å². The van der Waals surface area contributed by atoms with Crippen molar-refractivity contribution in [3.05, 3.63) is 21.3 Å². The van der Waals surface area contributed by atoms with Gasteiger partial charge < -0.3 is 4.74 Å². The Morgan fingerprint density at radius 2 is 2.31 bits per heavy atom. The highest BCUT2D eigenvalue weighted by atomic mass is 35.5. The summed E-state index contributed by atoms with van der Waals surface area (Å²) in [6.07, 6.45) is 4.97. The zero-order valence-electron chi connectivity index (χ0n) is 9.29. The third kappa shape index (κ3) is 2.25. The van der Waals surface area contributed by atoms with Crippen molar-refractivity contribution in [3.8, 4) is 0 Å². The maximum atomic E-state index is 11.2. The van der Waals surface area contributed by atoms with Gasteiger partial charge in [-0.15, -0.1) is 11.3 Å². The van der Waals surface area contributed by atoms with Gasteiger partial charge in [-0.2, -0.15) is 0 Å². The van der Waals surface area contributed by atoms with Crippen molar-refractivity contribution in [2.75, 3.05) is 7.11 Å². The van der Waals surface area contributed by atoms with Gasteiger partial charge in [-0.1, -0.05) is 18.0 Å². The summed E-state index contributed by atoms with van der Waals surface area (Å²) < 4.78 is 5.53. The maximum absolute atomic E-state index is 11.2. The summed E-state index contributed by atoms with van der Waals surface area (Å²) in [5.74, 6) is -0.117. The fraction of sp³-hybridized carbons (Fsp3) is 0.583. The van der Waals surface area contributed by atoms with Crippen LogP contribution in [0.3, 0.4) is 0 Å². The molecule has 1 aliphatic carbocycles. The summed E-state index contributed by atoms with van der Waals surface area (Å²) in [4.78, 5) is 12.5. The van der Waals surface area contributed by atoms with Crippen LogP contribution in [0.1, 0.15) is 37.0 Å². The minimum atomic E-state index is -0.117. The molecule has 0 aromatic carbocycles. The number of thiophene rings is 1. The van der Waals surface area contributed by atoms with E-state index in [2.05, 4.69) is 6.07 Å². The first-order valence-electron chi connectivity index (χ1n) is 5.49. The van der Waals surface area contributed by atoms with Gasteiger partial charge in [-0.3, -0.25) is 4.79 Å². The summed E-state index contributed by atoms with van der Waals surface area (Å²) in [5, 5.41) is 0. The zero-order valence-corrected chi connectivity index (χ0v) is 10.9. The predicted molar refractivity (Wildman–Crippen MR) is 66.1 cm³/mol. The molecule has 0 spiro atoms. The first-order valence-corrected chi connectivity index (χ1v) is 6.68. The molecule has 1 aromatic rings. The van der Waals surface area contributed by atoms with Gasteiger partial charge in [0.2, 0.25) is 0 Å². The van der Waals surface area contributed by atoms with Gasteiger partial charge in [0.05, 0.1) is 11.4 Å². The van der Waals surface area contributed by atoms with Crippen LogP contribution in [0, 0.1) is 0 Å². The van der Waals surface area contributed by atoms with Crippen LogP contribution in [0.2, 0.25) is 4.34 Å². The molecular formula is C12H15ClO2S. The van der Waals surface area contributed by atoms with Gasteiger partial charge in [0, 0.05) is 16.7 Å². The Labute approximate surface area is 105 Å². The van der Waals surface area contributed by atoms with Gasteiger partial charge in [-0.05, 0) is 31.4 Å². The fourth-order valence-corrected chi connectivity index (χ4v) is 3.58. The van der Waals surface area contributed by atoms with E-state index in [0.717, 1.165) is 10.8 Å². The third-order valence-corrected chi connectivity index (χ3v) is 4.92. The second-order valence-electron chi connectivity index (χ2n) is 4.31. The highest BCUT2D eigenvalue weighted by Gasteiger charge is 2.39. The molecule has 1 aliphatic rings. The summed E-state index contributed by atoms with van der Waals surface area (Å²) in [5.41, 5.74) is 0.200. The second-order valence-corrected chi connectivity index (χ2v) is 6.03. The number of hydrogen-bond donors (Lipinski definition) is 0. The molecule has 0 unspecified atom stereocenters. The summed E-state index contributed by atoms with van der Waals surface area (Å²) in [6.45, 7) is 0. The van der Waals surface area contributed by atoms with Crippen molar-refractivity contribution in [1.29, 1.82) is 0 Å². The molecular weight excluding hydrogens is 244 g/mol. The van der Waals surface area contributed by atoms with Gasteiger partial charge in [0.15, 0.2) is 0 Å². The number of carbonyl (C=O) groups is 1. The number of carbonyl (C=O) groups excluding carboxylic acids is 1. The minimum Gasteiger partial charge on any atom is -0.469 e. The van der Waals surface area contributed by atoms with E-state index in [9.17, 15) is 4.79 Å². The molecule has 88 valence electrons. The molecule has 2 rings (SSSR count). The summed E-state index contributed by atoms with van der Waals surface area (Å²) >= 11 is 7.61. The largest absolute Gasteiger partial charge is 0.469 e. The molecule has 0 bridgehead atoms. The Morgan fingerprint density at radius 3 is 2.75 bits per heavy atom. The molecule has 0 aliphatic heterocycles. The monoisotopic (exact) mass is 258 g/mol. The normalized spacial score (nSPS) is 17.9. The molecule has 0 N–H and O–H groups in total. The smallest absolute Gasteiger partial charge is 0.305 e. The average molecular weight is 259 g/mol. The topological polar surface area (TPSA) is 26.3 Å². The van der Waals surface area contributed by atoms with Gasteiger partial charge in [0.25, 0.3) is 0 Å². The number of hydrogen-bond acceptors (Lipinski definition) is 3. The van der Waals surface area contributed by atoms with E-state index in [-0.39, 0.29) is 11.4 Å². The van der Waals surface area contributed by atoms with Crippen LogP contribution in [-0.4, -0.2) is 13.1 Å².